The van der Waals surface area contributed by atoms with Gasteiger partial charge >= 0.3 is 0 Å². The number of nitrogen functional groups attached to an aromatic ring is 1. The molecule has 0 saturated carbocycles. The van der Waals surface area contributed by atoms with Crippen LogP contribution >= 0.6 is 0 Å². The lowest BCUT2D eigenvalue weighted by molar-refractivity contribution is 0.435. The lowest BCUT2D eigenvalue weighted by atomic mass is 10.1. The van der Waals surface area contributed by atoms with Gasteiger partial charge < -0.3 is 15.5 Å². The Balaban J connectivity index is 1.83. The maximum Gasteiger partial charge on any atom is 0.142 e. The molecule has 0 amide bonds. The van der Waals surface area contributed by atoms with E-state index in [1.54, 1.807) is 12.3 Å². The van der Waals surface area contributed by atoms with Gasteiger partial charge in [-0.1, -0.05) is 17.9 Å². The second kappa shape index (κ2) is 4.91. The van der Waals surface area contributed by atoms with Gasteiger partial charge in [-0.05, 0) is 30.4 Å². The van der Waals surface area contributed by atoms with Crippen molar-refractivity contribution in [1.29, 1.82) is 0 Å². The van der Waals surface area contributed by atoms with E-state index in [1.807, 2.05) is 36.4 Å². The van der Waals surface area contributed by atoms with Gasteiger partial charge in [-0.25, -0.2) is 9.97 Å². The van der Waals surface area contributed by atoms with Crippen LogP contribution in [0.15, 0.2) is 60.7 Å². The second-order valence-electron chi connectivity index (χ2n) is 4.86. The number of nitrogens with one attached hydrogen (secondary N) is 1. The number of H-pyrrole nitrogens is 1. The first kappa shape index (κ1) is 12.4. The summed E-state index contributed by atoms with van der Waals surface area (Å²) < 4.78 is 5.44. The van der Waals surface area contributed by atoms with Crippen molar-refractivity contribution in [3.63, 3.8) is 0 Å². The zero-order valence-electron chi connectivity index (χ0n) is 11.6. The number of fused-ring (bicyclic) bond motifs is 1. The van der Waals surface area contributed by atoms with Crippen LogP contribution < -0.4 is 5.73 Å². The van der Waals surface area contributed by atoms with Crippen molar-refractivity contribution in [2.24, 2.45) is 0 Å². The number of hydrogen-bond donors (Lipinski definition) is 2. The Labute approximate surface area is 126 Å². The van der Waals surface area contributed by atoms with Crippen molar-refractivity contribution in [3.05, 3.63) is 66.2 Å². The minimum atomic E-state index is 0.422. The summed E-state index contributed by atoms with van der Waals surface area (Å²) in [7, 11) is 0. The van der Waals surface area contributed by atoms with Crippen LogP contribution in [0.25, 0.3) is 28.2 Å². The maximum absolute atomic E-state index is 6.01. The third kappa shape index (κ3) is 2.06. The van der Waals surface area contributed by atoms with Crippen LogP contribution in [-0.4, -0.2) is 15.0 Å². The fourth-order valence-corrected chi connectivity index (χ4v) is 2.34. The molecule has 0 radical (unpaired) electrons. The summed E-state index contributed by atoms with van der Waals surface area (Å²) in [6, 6.07) is 9.75. The number of aromatic amines is 1. The minimum absolute atomic E-state index is 0.422. The number of imidazole rings is 1. The molecule has 3 aromatic rings. The molecule has 0 fully saturated rings. The highest BCUT2D eigenvalue weighted by Gasteiger charge is 2.13. The molecule has 0 saturated heterocycles. The molecule has 22 heavy (non-hydrogen) atoms. The number of allylic oxidation sites excluding steroid dienone is 2. The van der Waals surface area contributed by atoms with Crippen molar-refractivity contribution in [2.75, 3.05) is 5.73 Å². The van der Waals surface area contributed by atoms with Gasteiger partial charge in [0.05, 0.1) is 16.6 Å². The van der Waals surface area contributed by atoms with E-state index in [9.17, 15) is 0 Å². The molecule has 0 spiro atoms. The lowest BCUT2D eigenvalue weighted by Gasteiger charge is -2.09. The summed E-state index contributed by atoms with van der Waals surface area (Å²) in [5, 5.41) is 0. The molecule has 0 unspecified atom stereocenters. The molecule has 4 rings (SSSR count). The normalized spacial score (nSPS) is 13.2. The highest BCUT2D eigenvalue weighted by molar-refractivity contribution is 5.82. The van der Waals surface area contributed by atoms with Crippen LogP contribution in [0.4, 0.5) is 5.82 Å². The zero-order chi connectivity index (χ0) is 14.9. The summed E-state index contributed by atoms with van der Waals surface area (Å²) in [6.07, 6.45) is 6.80. The molecule has 1 aromatic carbocycles. The van der Waals surface area contributed by atoms with Crippen molar-refractivity contribution >= 4 is 22.6 Å². The van der Waals surface area contributed by atoms with E-state index in [2.05, 4.69) is 20.7 Å². The lowest BCUT2D eigenvalue weighted by Crippen LogP contribution is -1.98. The smallest absolute Gasteiger partial charge is 0.142 e. The molecule has 3 N–H and O–H groups in total. The fourth-order valence-electron chi connectivity index (χ4n) is 2.34. The summed E-state index contributed by atoms with van der Waals surface area (Å²) in [5.74, 6) is 1.81. The number of nitrogens with zero attached hydrogens (tertiary/aromatic N) is 2. The fraction of sp³-hybridized carbons (Fsp3) is 0. The first-order chi connectivity index (χ1) is 10.8. The number of aromatic nitrogens is 3. The van der Waals surface area contributed by atoms with E-state index >= 15 is 0 Å². The molecule has 1 aliphatic rings. The van der Waals surface area contributed by atoms with Crippen LogP contribution in [0.5, 0.6) is 0 Å². The van der Waals surface area contributed by atoms with Crippen LogP contribution in [0.2, 0.25) is 0 Å². The number of rotatable bonds is 2. The highest BCUT2D eigenvalue weighted by Crippen LogP contribution is 2.28. The van der Waals surface area contributed by atoms with Gasteiger partial charge in [-0.2, -0.15) is 0 Å². The summed E-state index contributed by atoms with van der Waals surface area (Å²) in [4.78, 5) is 12.1. The van der Waals surface area contributed by atoms with E-state index in [4.69, 9.17) is 10.5 Å². The van der Waals surface area contributed by atoms with Crippen molar-refractivity contribution in [1.82, 2.24) is 15.0 Å². The van der Waals surface area contributed by atoms with Crippen LogP contribution in [0.1, 0.15) is 5.56 Å². The Bertz CT molecular complexity index is 929. The Morgan fingerprint density at radius 3 is 2.95 bits per heavy atom. The van der Waals surface area contributed by atoms with Crippen molar-refractivity contribution < 1.29 is 4.74 Å². The molecular formula is C17H12N4O. The summed E-state index contributed by atoms with van der Waals surface area (Å²) in [5.41, 5.74) is 12.3. The average Bonchev–Trinajstić information content (AvgIpc) is 3.00. The van der Waals surface area contributed by atoms with Crippen molar-refractivity contribution in [3.8, 4) is 11.4 Å². The van der Waals surface area contributed by atoms with Crippen molar-refractivity contribution in [2.45, 2.75) is 0 Å². The monoisotopic (exact) mass is 288 g/mol. The molecule has 5 nitrogen and oxygen atoms in total. The van der Waals surface area contributed by atoms with E-state index in [0.717, 1.165) is 22.2 Å². The molecule has 3 heterocycles. The van der Waals surface area contributed by atoms with Gasteiger partial charge in [0.1, 0.15) is 23.7 Å². The topological polar surface area (TPSA) is 76.8 Å². The van der Waals surface area contributed by atoms with E-state index in [-0.39, 0.29) is 0 Å². The van der Waals surface area contributed by atoms with Crippen LogP contribution in [-0.2, 0) is 4.74 Å². The Kier molecular flexibility index (Phi) is 2.78. The molecule has 2 aromatic heterocycles. The number of para-hydroxylation sites is 2. The molecular weight excluding hydrogens is 276 g/mol. The molecule has 106 valence electrons. The molecule has 0 bridgehead atoms. The Hall–Kier alpha value is -3.30. The summed E-state index contributed by atoms with van der Waals surface area (Å²) in [6.45, 7) is 0. The van der Waals surface area contributed by atoms with Gasteiger partial charge in [-0.15, -0.1) is 0 Å². The van der Waals surface area contributed by atoms with Crippen LogP contribution in [0, 0.1) is 0 Å². The Morgan fingerprint density at radius 2 is 2.14 bits per heavy atom. The van der Waals surface area contributed by atoms with E-state index in [1.165, 1.54) is 6.26 Å². The highest BCUT2D eigenvalue weighted by atomic mass is 16.5. The van der Waals surface area contributed by atoms with Gasteiger partial charge in [0, 0.05) is 11.8 Å². The number of nitrogens with two attached hydrogens (primary N) is 1. The molecule has 5 heteroatoms. The maximum atomic E-state index is 6.01. The third-order valence-electron chi connectivity index (χ3n) is 3.43. The first-order valence-electron chi connectivity index (χ1n) is 6.80. The van der Waals surface area contributed by atoms with Gasteiger partial charge in [0.25, 0.3) is 0 Å². The number of hydrogen-bond acceptors (Lipinski definition) is 4. The van der Waals surface area contributed by atoms with Crippen LogP contribution in [0.3, 0.4) is 0 Å². The number of anilines is 1. The minimum Gasteiger partial charge on any atom is -0.456 e. The average molecular weight is 288 g/mol. The third-order valence-corrected chi connectivity index (χ3v) is 3.43. The standard InChI is InChI=1S/C17H12N4O/c18-16-12(17-20-13-5-1-2-6-14(13)21-17)9-11(10-19-16)15-7-3-4-8-22-15/h1-3,5-10H,(H2,18,19)(H,20,21). The van der Waals surface area contributed by atoms with Gasteiger partial charge in [0.15, 0.2) is 0 Å². The molecule has 0 atom stereocenters. The zero-order valence-corrected chi connectivity index (χ0v) is 11.6. The number of ether oxygens (including phenoxy) is 1. The largest absolute Gasteiger partial charge is 0.456 e. The van der Waals surface area contributed by atoms with E-state index < -0.39 is 0 Å². The Morgan fingerprint density at radius 1 is 1.23 bits per heavy atom. The number of pyridine rings is 1. The van der Waals surface area contributed by atoms with Gasteiger partial charge in [0.2, 0.25) is 0 Å². The second-order valence-corrected chi connectivity index (χ2v) is 4.86. The van der Waals surface area contributed by atoms with Gasteiger partial charge in [-0.3, -0.25) is 0 Å². The number of benzene rings is 1. The SMILES string of the molecule is Nc1ncc(C2=CC=C=CO2)cc1-c1nc2ccccc2[nH]1. The predicted octanol–water partition coefficient (Wildman–Crippen LogP) is 3.25. The first-order valence-corrected chi connectivity index (χ1v) is 6.80. The molecule has 0 aliphatic carbocycles. The molecule has 1 aliphatic heterocycles. The van der Waals surface area contributed by atoms with E-state index in [0.29, 0.717) is 17.4 Å². The quantitative estimate of drug-likeness (QED) is 0.710. The summed E-state index contributed by atoms with van der Waals surface area (Å²) >= 11 is 0. The predicted molar refractivity (Wildman–Crippen MR) is 85.5 cm³/mol.